The molecule has 0 unspecified atom stereocenters. The Morgan fingerprint density at radius 2 is 1.74 bits per heavy atom. The topological polar surface area (TPSA) is 78.9 Å². The summed E-state index contributed by atoms with van der Waals surface area (Å²) in [6, 6.07) is 0. The Morgan fingerprint density at radius 3 is 2.26 bits per heavy atom. The van der Waals surface area contributed by atoms with E-state index in [2.05, 4.69) is 11.3 Å². The van der Waals surface area contributed by atoms with Crippen LogP contribution in [0.5, 0.6) is 0 Å². The Hall–Kier alpha value is -2.37. The highest BCUT2D eigenvalue weighted by Gasteiger charge is 1.99. The Bertz CT molecular complexity index is 405. The lowest BCUT2D eigenvalue weighted by molar-refractivity contribution is -0.140. The average Bonchev–Trinajstić information content (AvgIpc) is 2.32. The highest BCUT2D eigenvalue weighted by Crippen LogP contribution is 2.01. The number of hydrogen-bond donors (Lipinski definition) is 0. The molecule has 0 aliphatic heterocycles. The van der Waals surface area contributed by atoms with Crippen LogP contribution >= 0.6 is 0 Å². The summed E-state index contributed by atoms with van der Waals surface area (Å²) in [7, 11) is 0. The van der Waals surface area contributed by atoms with Crippen LogP contribution in [0.2, 0.25) is 0 Å². The van der Waals surface area contributed by atoms with Crippen LogP contribution < -0.4 is 0 Å². The van der Waals surface area contributed by atoms with Crippen LogP contribution in [0, 0.1) is 0 Å². The molecule has 19 heavy (non-hydrogen) atoms. The monoisotopic (exact) mass is 268 g/mol. The normalized spacial score (nSPS) is 10.9. The van der Waals surface area contributed by atoms with E-state index in [1.807, 2.05) is 0 Å². The first-order valence-corrected chi connectivity index (χ1v) is 5.43. The highest BCUT2D eigenvalue weighted by atomic mass is 16.5. The van der Waals surface area contributed by atoms with Crippen molar-refractivity contribution in [2.75, 3.05) is 13.2 Å². The van der Waals surface area contributed by atoms with Crippen LogP contribution in [0.3, 0.4) is 0 Å². The van der Waals surface area contributed by atoms with Gasteiger partial charge in [-0.1, -0.05) is 6.58 Å². The standard InChI is InChI=1S/C13H16O6/c1-4-13(16)18-8-5-6-12(19-11(3)15)7-9-17-10(2)14/h4-7H,1,8-9H2,2-3H3/b6-5+,12-7-. The molecule has 0 N–H and O–H groups in total. The van der Waals surface area contributed by atoms with Gasteiger partial charge in [0.1, 0.15) is 19.0 Å². The molecule has 0 fully saturated rings. The van der Waals surface area contributed by atoms with Gasteiger partial charge in [0.25, 0.3) is 0 Å². The summed E-state index contributed by atoms with van der Waals surface area (Å²) in [4.78, 5) is 32.2. The van der Waals surface area contributed by atoms with Crippen LogP contribution in [-0.4, -0.2) is 31.1 Å². The van der Waals surface area contributed by atoms with Crippen LogP contribution in [-0.2, 0) is 28.6 Å². The molecule has 6 nitrogen and oxygen atoms in total. The maximum Gasteiger partial charge on any atom is 0.330 e. The fraction of sp³-hybridized carbons (Fsp3) is 0.308. The van der Waals surface area contributed by atoms with E-state index in [0.29, 0.717) is 0 Å². The maximum atomic E-state index is 10.8. The summed E-state index contributed by atoms with van der Waals surface area (Å²) >= 11 is 0. The van der Waals surface area contributed by atoms with E-state index in [0.717, 1.165) is 6.08 Å². The molecule has 0 atom stereocenters. The van der Waals surface area contributed by atoms with Crippen molar-refractivity contribution in [1.29, 1.82) is 0 Å². The molecule has 0 aliphatic carbocycles. The minimum atomic E-state index is -0.553. The lowest BCUT2D eigenvalue weighted by atomic mass is 10.4. The van der Waals surface area contributed by atoms with E-state index in [1.165, 1.54) is 32.1 Å². The van der Waals surface area contributed by atoms with Crippen LogP contribution in [0.4, 0.5) is 0 Å². The van der Waals surface area contributed by atoms with Gasteiger partial charge in [0.15, 0.2) is 0 Å². The average molecular weight is 268 g/mol. The lowest BCUT2D eigenvalue weighted by Crippen LogP contribution is -2.03. The number of ether oxygens (including phenoxy) is 3. The highest BCUT2D eigenvalue weighted by molar-refractivity contribution is 5.81. The molecule has 104 valence electrons. The summed E-state index contributed by atoms with van der Waals surface area (Å²) in [5.41, 5.74) is 0. The van der Waals surface area contributed by atoms with Gasteiger partial charge in [-0.3, -0.25) is 9.59 Å². The molecular weight excluding hydrogens is 252 g/mol. The molecule has 0 aliphatic rings. The van der Waals surface area contributed by atoms with Gasteiger partial charge in [0.2, 0.25) is 0 Å². The second kappa shape index (κ2) is 9.64. The lowest BCUT2D eigenvalue weighted by Gasteiger charge is -2.03. The minimum Gasteiger partial charge on any atom is -0.461 e. The van der Waals surface area contributed by atoms with Gasteiger partial charge in [-0.25, -0.2) is 4.79 Å². The van der Waals surface area contributed by atoms with Gasteiger partial charge in [0.05, 0.1) is 0 Å². The first-order chi connectivity index (χ1) is 8.95. The van der Waals surface area contributed by atoms with Crippen molar-refractivity contribution in [3.05, 3.63) is 36.6 Å². The number of allylic oxidation sites excluding steroid dienone is 1. The third-order valence-corrected chi connectivity index (χ3v) is 1.60. The van der Waals surface area contributed by atoms with Gasteiger partial charge in [-0.15, -0.1) is 0 Å². The molecule has 0 aromatic heterocycles. The fourth-order valence-corrected chi connectivity index (χ4v) is 0.904. The predicted molar refractivity (Wildman–Crippen MR) is 66.8 cm³/mol. The van der Waals surface area contributed by atoms with Crippen molar-refractivity contribution < 1.29 is 28.6 Å². The molecule has 0 saturated carbocycles. The quantitative estimate of drug-likeness (QED) is 0.227. The molecule has 6 heteroatoms. The van der Waals surface area contributed by atoms with Gasteiger partial charge in [-0.05, 0) is 18.2 Å². The van der Waals surface area contributed by atoms with Gasteiger partial charge in [-0.2, -0.15) is 0 Å². The molecule has 0 saturated heterocycles. The van der Waals surface area contributed by atoms with E-state index in [4.69, 9.17) is 9.47 Å². The predicted octanol–water partition coefficient (Wildman–Crippen LogP) is 1.28. The molecule has 0 aromatic carbocycles. The Kier molecular flexibility index (Phi) is 8.44. The second-order valence-electron chi connectivity index (χ2n) is 3.24. The molecule has 0 rings (SSSR count). The molecule has 0 amide bonds. The smallest absolute Gasteiger partial charge is 0.330 e. The fourth-order valence-electron chi connectivity index (χ4n) is 0.904. The Labute approximate surface area is 111 Å². The van der Waals surface area contributed by atoms with Gasteiger partial charge < -0.3 is 14.2 Å². The van der Waals surface area contributed by atoms with Crippen LogP contribution in [0.1, 0.15) is 13.8 Å². The summed E-state index contributed by atoms with van der Waals surface area (Å²) in [6.07, 6.45) is 5.36. The Morgan fingerprint density at radius 1 is 1.05 bits per heavy atom. The van der Waals surface area contributed by atoms with Crippen molar-refractivity contribution in [2.24, 2.45) is 0 Å². The largest absolute Gasteiger partial charge is 0.461 e. The van der Waals surface area contributed by atoms with E-state index >= 15 is 0 Å². The number of carbonyl (C=O) groups excluding carboxylic acids is 3. The summed E-state index contributed by atoms with van der Waals surface area (Å²) in [5, 5.41) is 0. The van der Waals surface area contributed by atoms with Crippen molar-refractivity contribution in [2.45, 2.75) is 13.8 Å². The number of carbonyl (C=O) groups is 3. The van der Waals surface area contributed by atoms with E-state index in [1.54, 1.807) is 0 Å². The molecule has 0 radical (unpaired) electrons. The van der Waals surface area contributed by atoms with Crippen molar-refractivity contribution in [1.82, 2.24) is 0 Å². The molecule has 0 aromatic rings. The SMILES string of the molecule is C=CC(=O)OC/C=C/C(=C/COC(C)=O)OC(C)=O. The number of esters is 3. The van der Waals surface area contributed by atoms with E-state index < -0.39 is 17.9 Å². The number of rotatable bonds is 7. The summed E-state index contributed by atoms with van der Waals surface area (Å²) < 4.78 is 14.2. The molecular formula is C13H16O6. The number of hydrogen-bond acceptors (Lipinski definition) is 6. The third kappa shape index (κ3) is 10.5. The van der Waals surface area contributed by atoms with Gasteiger partial charge >= 0.3 is 17.9 Å². The van der Waals surface area contributed by atoms with E-state index in [9.17, 15) is 14.4 Å². The van der Waals surface area contributed by atoms with Crippen molar-refractivity contribution in [3.63, 3.8) is 0 Å². The van der Waals surface area contributed by atoms with Gasteiger partial charge in [0, 0.05) is 19.9 Å². The minimum absolute atomic E-state index is 0.0109. The van der Waals surface area contributed by atoms with E-state index in [-0.39, 0.29) is 19.0 Å². The second-order valence-corrected chi connectivity index (χ2v) is 3.24. The van der Waals surface area contributed by atoms with Crippen LogP contribution in [0.25, 0.3) is 0 Å². The van der Waals surface area contributed by atoms with Crippen LogP contribution in [0.15, 0.2) is 36.6 Å². The molecule has 0 bridgehead atoms. The maximum absolute atomic E-state index is 10.8. The summed E-state index contributed by atoms with van der Waals surface area (Å²) in [5.74, 6) is -1.31. The first-order valence-electron chi connectivity index (χ1n) is 5.43. The first kappa shape index (κ1) is 16.6. The third-order valence-electron chi connectivity index (χ3n) is 1.60. The molecule has 0 spiro atoms. The molecule has 0 heterocycles. The zero-order chi connectivity index (χ0) is 14.7. The van der Waals surface area contributed by atoms with Crippen molar-refractivity contribution >= 4 is 17.9 Å². The summed E-state index contributed by atoms with van der Waals surface area (Å²) in [6.45, 7) is 5.74. The Balaban J connectivity index is 4.36. The zero-order valence-electron chi connectivity index (χ0n) is 10.9. The van der Waals surface area contributed by atoms with Crippen molar-refractivity contribution in [3.8, 4) is 0 Å². The zero-order valence-corrected chi connectivity index (χ0v) is 10.9.